The fourth-order valence-electron chi connectivity index (χ4n) is 2.04. The van der Waals surface area contributed by atoms with E-state index in [2.05, 4.69) is 26.1 Å². The molecule has 1 N–H and O–H groups in total. The molecule has 3 nitrogen and oxygen atoms in total. The van der Waals surface area contributed by atoms with Crippen molar-refractivity contribution in [2.24, 2.45) is 5.92 Å². The Balaban J connectivity index is 2.35. The second-order valence-corrected chi connectivity index (χ2v) is 5.03. The number of nitrogens with one attached hydrogen (secondary N) is 1. The Morgan fingerprint density at radius 2 is 2.25 bits per heavy atom. The predicted octanol–water partition coefficient (Wildman–Crippen LogP) is 2.15. The first kappa shape index (κ1) is 13.7. The molecule has 1 aliphatic heterocycles. The third kappa shape index (κ3) is 4.22. The Kier molecular flexibility index (Phi) is 5.99. The predicted molar refractivity (Wildman–Crippen MR) is 65.5 cm³/mol. The lowest BCUT2D eigenvalue weighted by Gasteiger charge is -2.19. The lowest BCUT2D eigenvalue weighted by atomic mass is 9.99. The van der Waals surface area contributed by atoms with E-state index < -0.39 is 0 Å². The van der Waals surface area contributed by atoms with E-state index in [1.807, 2.05) is 0 Å². The van der Waals surface area contributed by atoms with Gasteiger partial charge >= 0.3 is 0 Å². The van der Waals surface area contributed by atoms with E-state index in [4.69, 9.17) is 4.74 Å². The molecule has 0 radical (unpaired) electrons. The number of rotatable bonds is 7. The number of Topliss-reactive ketones (excluding diaryl/α,β-unsaturated/α-hetero) is 1. The second-order valence-electron chi connectivity index (χ2n) is 5.03. The number of hydrogen-bond acceptors (Lipinski definition) is 3. The average molecular weight is 227 g/mol. The fraction of sp³-hybridized carbons (Fsp3) is 0.923. The number of hydrogen-bond donors (Lipinski definition) is 1. The minimum absolute atomic E-state index is 0.0506. The molecule has 0 aromatic heterocycles. The SMILES string of the molecule is CCCOC1CCNC1C(=O)CCC(C)C. The first-order valence-corrected chi connectivity index (χ1v) is 6.52. The van der Waals surface area contributed by atoms with Gasteiger partial charge in [0.15, 0.2) is 5.78 Å². The van der Waals surface area contributed by atoms with Crippen LogP contribution in [0.2, 0.25) is 0 Å². The van der Waals surface area contributed by atoms with Crippen LogP contribution in [0.3, 0.4) is 0 Å². The van der Waals surface area contributed by atoms with E-state index in [0.29, 0.717) is 18.1 Å². The molecule has 3 heteroatoms. The van der Waals surface area contributed by atoms with Gasteiger partial charge in [0.2, 0.25) is 0 Å². The van der Waals surface area contributed by atoms with Crippen LogP contribution in [0.1, 0.15) is 46.5 Å². The molecule has 2 unspecified atom stereocenters. The van der Waals surface area contributed by atoms with Crippen molar-refractivity contribution in [2.45, 2.75) is 58.6 Å². The summed E-state index contributed by atoms with van der Waals surface area (Å²) in [6.45, 7) is 8.07. The summed E-state index contributed by atoms with van der Waals surface area (Å²) in [7, 11) is 0. The fourth-order valence-corrected chi connectivity index (χ4v) is 2.04. The average Bonchev–Trinajstić information content (AvgIpc) is 2.71. The van der Waals surface area contributed by atoms with Crippen LogP contribution in [-0.2, 0) is 9.53 Å². The molecule has 0 aliphatic carbocycles. The van der Waals surface area contributed by atoms with E-state index in [-0.39, 0.29) is 12.1 Å². The Morgan fingerprint density at radius 1 is 1.50 bits per heavy atom. The molecule has 16 heavy (non-hydrogen) atoms. The standard InChI is InChI=1S/C13H25NO2/c1-4-9-16-12-7-8-14-13(12)11(15)6-5-10(2)3/h10,12-14H,4-9H2,1-3H3. The lowest BCUT2D eigenvalue weighted by Crippen LogP contribution is -2.40. The van der Waals surface area contributed by atoms with Gasteiger partial charge in [-0.2, -0.15) is 0 Å². The van der Waals surface area contributed by atoms with Crippen LogP contribution in [-0.4, -0.2) is 31.1 Å². The molecule has 1 saturated heterocycles. The number of ketones is 1. The maximum atomic E-state index is 12.0. The van der Waals surface area contributed by atoms with Gasteiger partial charge in [-0.3, -0.25) is 4.79 Å². The van der Waals surface area contributed by atoms with E-state index in [1.165, 1.54) is 0 Å². The molecule has 0 spiro atoms. The smallest absolute Gasteiger partial charge is 0.152 e. The summed E-state index contributed by atoms with van der Waals surface area (Å²) in [5.41, 5.74) is 0. The molecule has 94 valence electrons. The molecule has 0 aromatic rings. The van der Waals surface area contributed by atoms with Gasteiger partial charge in [0.25, 0.3) is 0 Å². The lowest BCUT2D eigenvalue weighted by molar-refractivity contribution is -0.124. The Labute approximate surface area is 98.9 Å². The highest BCUT2D eigenvalue weighted by molar-refractivity contribution is 5.85. The number of ether oxygens (including phenoxy) is 1. The molecule has 1 rings (SSSR count). The van der Waals surface area contributed by atoms with Crippen LogP contribution < -0.4 is 5.32 Å². The Hall–Kier alpha value is -0.410. The summed E-state index contributed by atoms with van der Waals surface area (Å²) in [6, 6.07) is -0.0506. The van der Waals surface area contributed by atoms with Crippen LogP contribution in [0.5, 0.6) is 0 Å². The molecule has 1 aliphatic rings. The highest BCUT2D eigenvalue weighted by atomic mass is 16.5. The molecule has 0 aromatic carbocycles. The summed E-state index contributed by atoms with van der Waals surface area (Å²) in [5.74, 6) is 0.924. The third-order valence-electron chi connectivity index (χ3n) is 3.02. The highest BCUT2D eigenvalue weighted by Gasteiger charge is 2.32. The van der Waals surface area contributed by atoms with Crippen molar-refractivity contribution in [2.75, 3.05) is 13.2 Å². The minimum Gasteiger partial charge on any atom is -0.376 e. The van der Waals surface area contributed by atoms with Gasteiger partial charge in [0.1, 0.15) is 0 Å². The van der Waals surface area contributed by atoms with Gasteiger partial charge in [-0.05, 0) is 31.7 Å². The van der Waals surface area contributed by atoms with Crippen molar-refractivity contribution in [3.63, 3.8) is 0 Å². The molecule has 1 fully saturated rings. The normalized spacial score (nSPS) is 25.2. The largest absolute Gasteiger partial charge is 0.376 e. The van der Waals surface area contributed by atoms with Gasteiger partial charge < -0.3 is 10.1 Å². The number of carbonyl (C=O) groups excluding carboxylic acids is 1. The van der Waals surface area contributed by atoms with Crippen LogP contribution in [0.4, 0.5) is 0 Å². The zero-order chi connectivity index (χ0) is 12.0. The van der Waals surface area contributed by atoms with Gasteiger partial charge in [0, 0.05) is 13.0 Å². The zero-order valence-corrected chi connectivity index (χ0v) is 10.8. The van der Waals surface area contributed by atoms with Gasteiger partial charge in [0.05, 0.1) is 12.1 Å². The van der Waals surface area contributed by atoms with E-state index >= 15 is 0 Å². The number of carbonyl (C=O) groups is 1. The maximum absolute atomic E-state index is 12.0. The first-order chi connectivity index (χ1) is 7.65. The van der Waals surface area contributed by atoms with Gasteiger partial charge in [-0.15, -0.1) is 0 Å². The minimum atomic E-state index is -0.0506. The Bertz CT molecular complexity index is 216. The first-order valence-electron chi connectivity index (χ1n) is 6.52. The Morgan fingerprint density at radius 3 is 2.88 bits per heavy atom. The summed E-state index contributed by atoms with van der Waals surface area (Å²) in [6.07, 6.45) is 3.76. The van der Waals surface area contributed by atoms with Crippen molar-refractivity contribution >= 4 is 5.78 Å². The molecule has 2 atom stereocenters. The van der Waals surface area contributed by atoms with E-state index in [1.54, 1.807) is 0 Å². The van der Waals surface area contributed by atoms with Crippen molar-refractivity contribution in [1.82, 2.24) is 5.32 Å². The van der Waals surface area contributed by atoms with Crippen LogP contribution in [0, 0.1) is 5.92 Å². The highest BCUT2D eigenvalue weighted by Crippen LogP contribution is 2.16. The molecule has 0 bridgehead atoms. The van der Waals surface area contributed by atoms with Crippen molar-refractivity contribution in [1.29, 1.82) is 0 Å². The molecule has 0 saturated carbocycles. The van der Waals surface area contributed by atoms with Crippen LogP contribution in [0.15, 0.2) is 0 Å². The van der Waals surface area contributed by atoms with Gasteiger partial charge in [-0.25, -0.2) is 0 Å². The van der Waals surface area contributed by atoms with E-state index in [0.717, 1.165) is 32.4 Å². The maximum Gasteiger partial charge on any atom is 0.152 e. The summed E-state index contributed by atoms with van der Waals surface area (Å²) >= 11 is 0. The summed E-state index contributed by atoms with van der Waals surface area (Å²) in [5, 5.41) is 3.26. The van der Waals surface area contributed by atoms with Crippen molar-refractivity contribution < 1.29 is 9.53 Å². The molecular weight excluding hydrogens is 202 g/mol. The summed E-state index contributed by atoms with van der Waals surface area (Å²) < 4.78 is 5.71. The molecular formula is C13H25NO2. The van der Waals surface area contributed by atoms with Gasteiger partial charge in [-0.1, -0.05) is 20.8 Å². The van der Waals surface area contributed by atoms with Crippen LogP contribution >= 0.6 is 0 Å². The summed E-state index contributed by atoms with van der Waals surface area (Å²) in [4.78, 5) is 12.0. The second kappa shape index (κ2) is 7.02. The third-order valence-corrected chi connectivity index (χ3v) is 3.02. The van der Waals surface area contributed by atoms with Crippen LogP contribution in [0.25, 0.3) is 0 Å². The van der Waals surface area contributed by atoms with E-state index in [9.17, 15) is 4.79 Å². The zero-order valence-electron chi connectivity index (χ0n) is 10.8. The van der Waals surface area contributed by atoms with Crippen molar-refractivity contribution in [3.8, 4) is 0 Å². The monoisotopic (exact) mass is 227 g/mol. The topological polar surface area (TPSA) is 38.3 Å². The molecule has 1 heterocycles. The quantitative estimate of drug-likeness (QED) is 0.724. The molecule has 0 amide bonds. The van der Waals surface area contributed by atoms with Crippen molar-refractivity contribution in [3.05, 3.63) is 0 Å².